The number of fused-ring (bicyclic) bond motifs is 1. The standard InChI is InChI=1S/C20H24N6O2.ClH/c1-13-7-15(3-4-16(13)9-21)19-18-8-17(11-26(18)23-12-22-19)25-6-5-24(20(27)28)10-14(25)2;/h3-4,7-8,11-12,14H,5-6,9-10,21H2,1-2H3,(H,27,28);1H/t14-;/m0./s1. The number of carboxylic acid groups (broad SMARTS) is 1. The first-order valence-electron chi connectivity index (χ1n) is 9.36. The Hall–Kier alpha value is -2.84. The molecule has 1 amide bonds. The number of amides is 1. The second-order valence-corrected chi connectivity index (χ2v) is 7.25. The summed E-state index contributed by atoms with van der Waals surface area (Å²) in [5.41, 5.74) is 11.9. The third-order valence-electron chi connectivity index (χ3n) is 5.46. The lowest BCUT2D eigenvalue weighted by molar-refractivity contribution is 0.136. The number of anilines is 1. The fraction of sp³-hybridized carbons (Fsp3) is 0.350. The van der Waals surface area contributed by atoms with Gasteiger partial charge in [0.2, 0.25) is 0 Å². The Bertz CT molecular complexity index is 1040. The molecule has 8 nitrogen and oxygen atoms in total. The summed E-state index contributed by atoms with van der Waals surface area (Å²) in [6, 6.07) is 8.35. The normalized spacial score (nSPS) is 16.7. The molecule has 1 aliphatic heterocycles. The first kappa shape index (κ1) is 20.9. The van der Waals surface area contributed by atoms with Crippen LogP contribution in [0.15, 0.2) is 36.8 Å². The second kappa shape index (κ2) is 8.26. The van der Waals surface area contributed by atoms with E-state index in [-0.39, 0.29) is 18.4 Å². The number of aryl methyl sites for hydroxylation is 1. The van der Waals surface area contributed by atoms with Gasteiger partial charge in [-0.05, 0) is 37.1 Å². The molecule has 1 atom stereocenters. The molecule has 9 heteroatoms. The highest BCUT2D eigenvalue weighted by Crippen LogP contribution is 2.29. The molecule has 0 radical (unpaired) electrons. The Morgan fingerprint density at radius 1 is 1.31 bits per heavy atom. The highest BCUT2D eigenvalue weighted by molar-refractivity contribution is 5.85. The second-order valence-electron chi connectivity index (χ2n) is 7.25. The third-order valence-corrected chi connectivity index (χ3v) is 5.46. The van der Waals surface area contributed by atoms with Gasteiger partial charge in [0.05, 0.1) is 23.1 Å². The SMILES string of the molecule is Cc1cc(-c2ncnn3cc(N4CCN(C(=O)O)C[C@@H]4C)cc23)ccc1CN.Cl. The van der Waals surface area contributed by atoms with Crippen molar-refractivity contribution in [3.8, 4) is 11.3 Å². The van der Waals surface area contributed by atoms with Crippen LogP contribution in [0.3, 0.4) is 0 Å². The van der Waals surface area contributed by atoms with E-state index in [0.29, 0.717) is 26.2 Å². The molecular formula is C20H25ClN6O2. The molecule has 2 aromatic heterocycles. The van der Waals surface area contributed by atoms with E-state index in [1.807, 2.05) is 29.8 Å². The molecule has 0 unspecified atom stereocenters. The van der Waals surface area contributed by atoms with Gasteiger partial charge in [0.1, 0.15) is 6.33 Å². The summed E-state index contributed by atoms with van der Waals surface area (Å²) in [4.78, 5) is 19.4. The average molecular weight is 417 g/mol. The molecule has 3 N–H and O–H groups in total. The molecule has 0 saturated carbocycles. The van der Waals surface area contributed by atoms with Gasteiger partial charge in [-0.3, -0.25) is 0 Å². The average Bonchev–Trinajstić information content (AvgIpc) is 3.11. The Kier molecular flexibility index (Phi) is 5.95. The van der Waals surface area contributed by atoms with Crippen LogP contribution in [0.5, 0.6) is 0 Å². The number of nitrogens with zero attached hydrogens (tertiary/aromatic N) is 5. The van der Waals surface area contributed by atoms with E-state index < -0.39 is 6.09 Å². The fourth-order valence-electron chi connectivity index (χ4n) is 3.88. The van der Waals surface area contributed by atoms with E-state index in [2.05, 4.69) is 34.0 Å². The molecule has 1 aliphatic rings. The molecule has 1 saturated heterocycles. The maximum absolute atomic E-state index is 11.2. The van der Waals surface area contributed by atoms with Gasteiger partial charge in [-0.25, -0.2) is 14.3 Å². The minimum absolute atomic E-state index is 0. The van der Waals surface area contributed by atoms with Crippen LogP contribution in [0.25, 0.3) is 16.8 Å². The number of carbonyl (C=O) groups is 1. The van der Waals surface area contributed by atoms with E-state index in [9.17, 15) is 9.90 Å². The molecule has 29 heavy (non-hydrogen) atoms. The number of nitrogens with two attached hydrogens (primary N) is 1. The third kappa shape index (κ3) is 3.86. The highest BCUT2D eigenvalue weighted by atomic mass is 35.5. The minimum Gasteiger partial charge on any atom is -0.465 e. The maximum atomic E-state index is 11.2. The van der Waals surface area contributed by atoms with E-state index in [1.54, 1.807) is 6.33 Å². The monoisotopic (exact) mass is 416 g/mol. The van der Waals surface area contributed by atoms with Crippen molar-refractivity contribution in [2.75, 3.05) is 24.5 Å². The maximum Gasteiger partial charge on any atom is 0.407 e. The molecule has 0 spiro atoms. The lowest BCUT2D eigenvalue weighted by Gasteiger charge is -2.39. The Morgan fingerprint density at radius 2 is 2.10 bits per heavy atom. The van der Waals surface area contributed by atoms with Gasteiger partial charge in [-0.1, -0.05) is 12.1 Å². The predicted octanol–water partition coefficient (Wildman–Crippen LogP) is 2.77. The van der Waals surface area contributed by atoms with Crippen LogP contribution in [0, 0.1) is 6.92 Å². The molecule has 3 heterocycles. The zero-order chi connectivity index (χ0) is 19.8. The lowest BCUT2D eigenvalue weighted by Crippen LogP contribution is -2.53. The summed E-state index contributed by atoms with van der Waals surface area (Å²) in [5.74, 6) is 0. The fourth-order valence-corrected chi connectivity index (χ4v) is 3.88. The first-order chi connectivity index (χ1) is 13.5. The van der Waals surface area contributed by atoms with Crippen LogP contribution in [-0.2, 0) is 6.54 Å². The summed E-state index contributed by atoms with van der Waals surface area (Å²) < 4.78 is 1.83. The van der Waals surface area contributed by atoms with Gasteiger partial charge in [0, 0.05) is 37.8 Å². The number of rotatable bonds is 3. The number of benzene rings is 1. The van der Waals surface area contributed by atoms with Crippen LogP contribution in [0.1, 0.15) is 18.1 Å². The van der Waals surface area contributed by atoms with Gasteiger partial charge in [-0.2, -0.15) is 5.10 Å². The summed E-state index contributed by atoms with van der Waals surface area (Å²) in [5, 5.41) is 13.6. The summed E-state index contributed by atoms with van der Waals surface area (Å²) >= 11 is 0. The van der Waals surface area contributed by atoms with E-state index >= 15 is 0 Å². The Morgan fingerprint density at radius 3 is 2.76 bits per heavy atom. The van der Waals surface area contributed by atoms with Gasteiger partial charge in [0.25, 0.3) is 0 Å². The molecule has 1 aromatic carbocycles. The van der Waals surface area contributed by atoms with Crippen LogP contribution < -0.4 is 10.6 Å². The van der Waals surface area contributed by atoms with Crippen molar-refractivity contribution < 1.29 is 9.90 Å². The van der Waals surface area contributed by atoms with Gasteiger partial charge >= 0.3 is 6.09 Å². The van der Waals surface area contributed by atoms with Crippen molar-refractivity contribution in [1.82, 2.24) is 19.5 Å². The Labute approximate surface area is 175 Å². The van der Waals surface area contributed by atoms with Crippen molar-refractivity contribution >= 4 is 29.7 Å². The number of halogens is 1. The van der Waals surface area contributed by atoms with Crippen molar-refractivity contribution in [3.05, 3.63) is 47.9 Å². The molecule has 154 valence electrons. The molecular weight excluding hydrogens is 392 g/mol. The first-order valence-corrected chi connectivity index (χ1v) is 9.36. The largest absolute Gasteiger partial charge is 0.465 e. The molecule has 4 rings (SSSR count). The number of aromatic nitrogens is 3. The van der Waals surface area contributed by atoms with Crippen LogP contribution in [0.2, 0.25) is 0 Å². The highest BCUT2D eigenvalue weighted by Gasteiger charge is 2.27. The molecule has 0 aliphatic carbocycles. The Balaban J connectivity index is 0.00000240. The predicted molar refractivity (Wildman–Crippen MR) is 115 cm³/mol. The summed E-state index contributed by atoms with van der Waals surface area (Å²) in [6.07, 6.45) is 2.68. The van der Waals surface area contributed by atoms with Gasteiger partial charge < -0.3 is 20.6 Å². The zero-order valence-corrected chi connectivity index (χ0v) is 17.3. The number of hydrogen-bond donors (Lipinski definition) is 2. The van der Waals surface area contributed by atoms with Crippen LogP contribution in [0.4, 0.5) is 10.5 Å². The zero-order valence-electron chi connectivity index (χ0n) is 16.4. The van der Waals surface area contributed by atoms with E-state index in [0.717, 1.165) is 33.6 Å². The summed E-state index contributed by atoms with van der Waals surface area (Å²) in [7, 11) is 0. The van der Waals surface area contributed by atoms with Crippen molar-refractivity contribution in [1.29, 1.82) is 0 Å². The van der Waals surface area contributed by atoms with Crippen molar-refractivity contribution in [3.63, 3.8) is 0 Å². The molecule has 0 bridgehead atoms. The minimum atomic E-state index is -0.863. The lowest BCUT2D eigenvalue weighted by atomic mass is 10.0. The summed E-state index contributed by atoms with van der Waals surface area (Å²) in [6.45, 7) is 6.23. The molecule has 1 fully saturated rings. The number of piperazine rings is 1. The van der Waals surface area contributed by atoms with Crippen molar-refractivity contribution in [2.24, 2.45) is 5.73 Å². The molecule has 3 aromatic rings. The topological polar surface area (TPSA) is 100.0 Å². The van der Waals surface area contributed by atoms with Gasteiger partial charge in [0.15, 0.2) is 0 Å². The van der Waals surface area contributed by atoms with Gasteiger partial charge in [-0.15, -0.1) is 12.4 Å². The van der Waals surface area contributed by atoms with Crippen molar-refractivity contribution in [2.45, 2.75) is 26.4 Å². The number of hydrogen-bond acceptors (Lipinski definition) is 5. The quantitative estimate of drug-likeness (QED) is 0.681. The van der Waals surface area contributed by atoms with E-state index in [4.69, 9.17) is 5.73 Å². The van der Waals surface area contributed by atoms with E-state index in [1.165, 1.54) is 4.90 Å². The smallest absolute Gasteiger partial charge is 0.407 e. The van der Waals surface area contributed by atoms with Crippen LogP contribution in [-0.4, -0.2) is 56.4 Å². The van der Waals surface area contributed by atoms with Crippen LogP contribution >= 0.6 is 12.4 Å².